The number of hydrogen-bond acceptors (Lipinski definition) is 8. The van der Waals surface area contributed by atoms with Gasteiger partial charge >= 0.3 is 0 Å². The SMILES string of the molecule is Cc1nc(C)c(C(=O)N2CCC(c3nc(C(=O)NCC4COc5ccccc5O4)cs3)CC2)s1. The second kappa shape index (κ2) is 9.71. The molecule has 2 aromatic heterocycles. The number of ether oxygens (including phenoxy) is 2. The largest absolute Gasteiger partial charge is 0.486 e. The molecule has 0 aliphatic carbocycles. The lowest BCUT2D eigenvalue weighted by atomic mass is 9.97. The zero-order chi connectivity index (χ0) is 23.7. The van der Waals surface area contributed by atoms with Gasteiger partial charge in [0.25, 0.3) is 11.8 Å². The summed E-state index contributed by atoms with van der Waals surface area (Å²) in [4.78, 5) is 37.1. The summed E-state index contributed by atoms with van der Waals surface area (Å²) in [6.07, 6.45) is 1.43. The van der Waals surface area contributed by atoms with Crippen LogP contribution in [-0.4, -0.2) is 59.0 Å². The molecule has 3 aromatic rings. The summed E-state index contributed by atoms with van der Waals surface area (Å²) >= 11 is 2.97. The summed E-state index contributed by atoms with van der Waals surface area (Å²) in [6.45, 7) is 5.90. The molecule has 1 aromatic carbocycles. The third kappa shape index (κ3) is 4.78. The number of nitrogens with one attached hydrogen (secondary N) is 1. The van der Waals surface area contributed by atoms with E-state index in [4.69, 9.17) is 9.47 Å². The standard InChI is InChI=1S/C24H26N4O4S2/c1-14-21(34-15(2)26-14)24(30)28-9-7-16(8-10-28)23-27-18(13-33-23)22(29)25-11-17-12-31-19-5-3-4-6-20(19)32-17/h3-6,13,16-17H,7-12H2,1-2H3,(H,25,29). The molecule has 34 heavy (non-hydrogen) atoms. The first-order chi connectivity index (χ1) is 16.5. The third-order valence-electron chi connectivity index (χ3n) is 6.04. The molecule has 8 nitrogen and oxygen atoms in total. The molecule has 178 valence electrons. The van der Waals surface area contributed by atoms with Crippen LogP contribution >= 0.6 is 22.7 Å². The summed E-state index contributed by atoms with van der Waals surface area (Å²) in [5.74, 6) is 1.52. The maximum absolute atomic E-state index is 12.9. The zero-order valence-electron chi connectivity index (χ0n) is 19.1. The predicted octanol–water partition coefficient (Wildman–Crippen LogP) is 3.81. The molecule has 0 spiro atoms. The van der Waals surface area contributed by atoms with Gasteiger partial charge < -0.3 is 19.7 Å². The van der Waals surface area contributed by atoms with Crippen molar-refractivity contribution in [1.82, 2.24) is 20.2 Å². The molecule has 4 heterocycles. The van der Waals surface area contributed by atoms with E-state index in [1.54, 1.807) is 5.38 Å². The second-order valence-electron chi connectivity index (χ2n) is 8.49. The Morgan fingerprint density at radius 1 is 1.15 bits per heavy atom. The van der Waals surface area contributed by atoms with Gasteiger partial charge in [0.2, 0.25) is 0 Å². The van der Waals surface area contributed by atoms with E-state index in [-0.39, 0.29) is 23.8 Å². The molecule has 0 saturated carbocycles. The third-order valence-corrected chi connectivity index (χ3v) is 8.11. The number of rotatable bonds is 5. The van der Waals surface area contributed by atoms with Gasteiger partial charge in [0, 0.05) is 24.4 Å². The van der Waals surface area contributed by atoms with Crippen molar-refractivity contribution in [1.29, 1.82) is 0 Å². The van der Waals surface area contributed by atoms with Crippen LogP contribution in [0.4, 0.5) is 0 Å². The van der Waals surface area contributed by atoms with Crippen molar-refractivity contribution in [2.45, 2.75) is 38.7 Å². The Balaban J connectivity index is 1.12. The second-order valence-corrected chi connectivity index (χ2v) is 10.6. The number of carbonyl (C=O) groups excluding carboxylic acids is 2. The number of nitrogens with zero attached hydrogens (tertiary/aromatic N) is 3. The van der Waals surface area contributed by atoms with E-state index in [2.05, 4.69) is 15.3 Å². The highest BCUT2D eigenvalue weighted by Gasteiger charge is 2.29. The number of aromatic nitrogens is 2. The number of amides is 2. The van der Waals surface area contributed by atoms with Crippen LogP contribution in [0.3, 0.4) is 0 Å². The number of fused-ring (bicyclic) bond motifs is 1. The maximum Gasteiger partial charge on any atom is 0.270 e. The summed E-state index contributed by atoms with van der Waals surface area (Å²) in [5, 5.41) is 6.58. The molecular weight excluding hydrogens is 472 g/mol. The Morgan fingerprint density at radius 2 is 1.91 bits per heavy atom. The van der Waals surface area contributed by atoms with E-state index in [0.29, 0.717) is 37.7 Å². The van der Waals surface area contributed by atoms with Crippen LogP contribution in [0.2, 0.25) is 0 Å². The number of thiazole rings is 2. The summed E-state index contributed by atoms with van der Waals surface area (Å²) < 4.78 is 11.6. The highest BCUT2D eigenvalue weighted by molar-refractivity contribution is 7.13. The van der Waals surface area contributed by atoms with Gasteiger partial charge in [0.1, 0.15) is 23.3 Å². The first-order valence-electron chi connectivity index (χ1n) is 11.3. The Labute approximate surface area is 205 Å². The molecule has 2 amide bonds. The minimum Gasteiger partial charge on any atom is -0.486 e. The molecule has 2 aliphatic heterocycles. The lowest BCUT2D eigenvalue weighted by molar-refractivity contribution is 0.0717. The average Bonchev–Trinajstić information content (AvgIpc) is 3.48. The van der Waals surface area contributed by atoms with Gasteiger partial charge in [-0.25, -0.2) is 9.97 Å². The molecule has 1 N–H and O–H groups in total. The molecule has 2 aliphatic rings. The number of piperidine rings is 1. The number of benzene rings is 1. The maximum atomic E-state index is 12.9. The van der Waals surface area contributed by atoms with Crippen LogP contribution in [0, 0.1) is 13.8 Å². The lowest BCUT2D eigenvalue weighted by Gasteiger charge is -2.30. The van der Waals surface area contributed by atoms with Gasteiger partial charge in [-0.2, -0.15) is 0 Å². The zero-order valence-corrected chi connectivity index (χ0v) is 20.7. The van der Waals surface area contributed by atoms with Crippen LogP contribution in [0.15, 0.2) is 29.6 Å². The van der Waals surface area contributed by atoms with E-state index in [0.717, 1.165) is 39.2 Å². The summed E-state index contributed by atoms with van der Waals surface area (Å²) in [7, 11) is 0. The van der Waals surface area contributed by atoms with Gasteiger partial charge in [-0.15, -0.1) is 22.7 Å². The highest BCUT2D eigenvalue weighted by atomic mass is 32.1. The lowest BCUT2D eigenvalue weighted by Crippen LogP contribution is -2.40. The topological polar surface area (TPSA) is 93.7 Å². The van der Waals surface area contributed by atoms with Crippen LogP contribution in [-0.2, 0) is 0 Å². The molecule has 1 fully saturated rings. The van der Waals surface area contributed by atoms with Gasteiger partial charge in [0.05, 0.1) is 22.3 Å². The van der Waals surface area contributed by atoms with E-state index < -0.39 is 0 Å². The monoisotopic (exact) mass is 498 g/mol. The number of hydrogen-bond donors (Lipinski definition) is 1. The predicted molar refractivity (Wildman–Crippen MR) is 130 cm³/mol. The van der Waals surface area contributed by atoms with Crippen LogP contribution < -0.4 is 14.8 Å². The van der Waals surface area contributed by atoms with Crippen molar-refractivity contribution in [3.05, 3.63) is 55.9 Å². The molecule has 0 radical (unpaired) electrons. The fourth-order valence-corrected chi connectivity index (χ4v) is 6.10. The first-order valence-corrected chi connectivity index (χ1v) is 13.0. The van der Waals surface area contributed by atoms with Gasteiger partial charge in [-0.05, 0) is 38.8 Å². The van der Waals surface area contributed by atoms with Crippen molar-refractivity contribution >= 4 is 34.5 Å². The minimum absolute atomic E-state index is 0.0669. The molecule has 1 atom stereocenters. The van der Waals surface area contributed by atoms with Crippen molar-refractivity contribution in [3.63, 3.8) is 0 Å². The summed E-state index contributed by atoms with van der Waals surface area (Å²) in [6, 6.07) is 7.51. The Kier molecular flexibility index (Phi) is 6.51. The normalized spacial score (nSPS) is 18.1. The number of aryl methyl sites for hydroxylation is 2. The van der Waals surface area contributed by atoms with E-state index in [1.807, 2.05) is 43.0 Å². The van der Waals surface area contributed by atoms with Crippen LogP contribution in [0.25, 0.3) is 0 Å². The number of para-hydroxylation sites is 2. The molecule has 5 rings (SSSR count). The average molecular weight is 499 g/mol. The molecule has 0 bridgehead atoms. The fraction of sp³-hybridized carbons (Fsp3) is 0.417. The van der Waals surface area contributed by atoms with Crippen molar-refractivity contribution in [2.24, 2.45) is 0 Å². The minimum atomic E-state index is -0.246. The van der Waals surface area contributed by atoms with Crippen LogP contribution in [0.5, 0.6) is 11.5 Å². The van der Waals surface area contributed by atoms with Crippen molar-refractivity contribution in [2.75, 3.05) is 26.2 Å². The first kappa shape index (κ1) is 22.8. The molecular formula is C24H26N4O4S2. The summed E-state index contributed by atoms with van der Waals surface area (Å²) in [5.41, 5.74) is 1.23. The quantitative estimate of drug-likeness (QED) is 0.575. The van der Waals surface area contributed by atoms with Gasteiger partial charge in [-0.1, -0.05) is 12.1 Å². The van der Waals surface area contributed by atoms with Gasteiger partial charge in [-0.3, -0.25) is 9.59 Å². The number of likely N-dealkylation sites (tertiary alicyclic amines) is 1. The fourth-order valence-electron chi connectivity index (χ4n) is 4.24. The molecule has 10 heteroatoms. The van der Waals surface area contributed by atoms with Gasteiger partial charge in [0.15, 0.2) is 11.5 Å². The highest BCUT2D eigenvalue weighted by Crippen LogP contribution is 2.32. The molecule has 1 unspecified atom stereocenters. The Morgan fingerprint density at radius 3 is 2.65 bits per heavy atom. The van der Waals surface area contributed by atoms with Crippen molar-refractivity contribution < 1.29 is 19.1 Å². The Bertz CT molecular complexity index is 1200. The van der Waals surface area contributed by atoms with E-state index in [1.165, 1.54) is 22.7 Å². The van der Waals surface area contributed by atoms with E-state index in [9.17, 15) is 9.59 Å². The van der Waals surface area contributed by atoms with Crippen molar-refractivity contribution in [3.8, 4) is 11.5 Å². The van der Waals surface area contributed by atoms with E-state index >= 15 is 0 Å². The Hall–Kier alpha value is -2.98. The smallest absolute Gasteiger partial charge is 0.270 e. The number of carbonyl (C=O) groups is 2. The van der Waals surface area contributed by atoms with Crippen LogP contribution in [0.1, 0.15) is 54.6 Å². The molecule has 1 saturated heterocycles.